The van der Waals surface area contributed by atoms with Crippen LogP contribution < -0.4 is 4.72 Å². The zero-order chi connectivity index (χ0) is 15.6. The molecule has 1 aliphatic heterocycles. The Morgan fingerprint density at radius 2 is 2.24 bits per heavy atom. The molecule has 0 saturated carbocycles. The summed E-state index contributed by atoms with van der Waals surface area (Å²) in [4.78, 5) is 10.2. The van der Waals surface area contributed by atoms with Crippen LogP contribution in [0.4, 0.5) is 4.39 Å². The standard InChI is InChI=1S/C13H16FNO5S/c1-8-10(4-5-20-8)7-15-21(18,19)12-6-9(13(16)17)2-3-11(12)14/h2-3,6,8,10,15H,4-5,7H2,1H3,(H,16,17). The van der Waals surface area contributed by atoms with E-state index in [1.54, 1.807) is 0 Å². The molecule has 2 rings (SSSR count). The van der Waals surface area contributed by atoms with Gasteiger partial charge in [-0.1, -0.05) is 0 Å². The van der Waals surface area contributed by atoms with E-state index in [1.165, 1.54) is 0 Å². The van der Waals surface area contributed by atoms with Gasteiger partial charge < -0.3 is 9.84 Å². The summed E-state index contributed by atoms with van der Waals surface area (Å²) in [5, 5.41) is 8.85. The van der Waals surface area contributed by atoms with Crippen LogP contribution in [0.5, 0.6) is 0 Å². The Labute approximate surface area is 122 Å². The highest BCUT2D eigenvalue weighted by Gasteiger charge is 2.27. The molecule has 6 nitrogen and oxygen atoms in total. The van der Waals surface area contributed by atoms with Crippen molar-refractivity contribution >= 4 is 16.0 Å². The molecular formula is C13H16FNO5S. The van der Waals surface area contributed by atoms with E-state index in [2.05, 4.69) is 4.72 Å². The number of carbonyl (C=O) groups is 1. The Morgan fingerprint density at radius 1 is 1.52 bits per heavy atom. The highest BCUT2D eigenvalue weighted by Crippen LogP contribution is 2.21. The second-order valence-electron chi connectivity index (χ2n) is 4.93. The molecule has 2 unspecified atom stereocenters. The molecule has 2 atom stereocenters. The van der Waals surface area contributed by atoms with E-state index in [4.69, 9.17) is 9.84 Å². The Kier molecular flexibility index (Phi) is 4.60. The van der Waals surface area contributed by atoms with Crippen molar-refractivity contribution in [3.8, 4) is 0 Å². The third-order valence-corrected chi connectivity index (χ3v) is 4.98. The number of sulfonamides is 1. The van der Waals surface area contributed by atoms with Crippen LogP contribution in [0.1, 0.15) is 23.7 Å². The number of benzene rings is 1. The van der Waals surface area contributed by atoms with Gasteiger partial charge in [-0.05, 0) is 31.5 Å². The third-order valence-electron chi connectivity index (χ3n) is 3.54. The predicted molar refractivity (Wildman–Crippen MR) is 72.1 cm³/mol. The molecule has 1 aromatic carbocycles. The van der Waals surface area contributed by atoms with Crippen molar-refractivity contribution in [2.45, 2.75) is 24.3 Å². The van der Waals surface area contributed by atoms with Gasteiger partial charge in [0.05, 0.1) is 11.7 Å². The van der Waals surface area contributed by atoms with Gasteiger partial charge in [-0.2, -0.15) is 0 Å². The van der Waals surface area contributed by atoms with Crippen LogP contribution in [0.3, 0.4) is 0 Å². The van der Waals surface area contributed by atoms with Crippen LogP contribution in [-0.2, 0) is 14.8 Å². The largest absolute Gasteiger partial charge is 0.478 e. The van der Waals surface area contributed by atoms with E-state index in [0.717, 1.165) is 24.6 Å². The van der Waals surface area contributed by atoms with Gasteiger partial charge in [-0.3, -0.25) is 0 Å². The van der Waals surface area contributed by atoms with Crippen LogP contribution in [0.25, 0.3) is 0 Å². The van der Waals surface area contributed by atoms with E-state index in [1.807, 2.05) is 6.92 Å². The highest BCUT2D eigenvalue weighted by atomic mass is 32.2. The molecule has 2 N–H and O–H groups in total. The summed E-state index contributed by atoms with van der Waals surface area (Å²) in [6.07, 6.45) is 0.657. The molecule has 0 radical (unpaired) electrons. The summed E-state index contributed by atoms with van der Waals surface area (Å²) < 4.78 is 45.5. The van der Waals surface area contributed by atoms with E-state index in [9.17, 15) is 17.6 Å². The summed E-state index contributed by atoms with van der Waals surface area (Å²) in [6.45, 7) is 2.54. The van der Waals surface area contributed by atoms with Crippen LogP contribution in [0.15, 0.2) is 23.1 Å². The maximum atomic E-state index is 13.7. The lowest BCUT2D eigenvalue weighted by molar-refractivity contribution is 0.0696. The van der Waals surface area contributed by atoms with Crippen molar-refractivity contribution < 1.29 is 27.4 Å². The number of carboxylic acids is 1. The normalized spacial score (nSPS) is 22.4. The monoisotopic (exact) mass is 317 g/mol. The molecule has 0 spiro atoms. The number of rotatable bonds is 5. The first-order valence-electron chi connectivity index (χ1n) is 6.45. The van der Waals surface area contributed by atoms with E-state index < -0.39 is 26.7 Å². The van der Waals surface area contributed by atoms with E-state index in [0.29, 0.717) is 6.61 Å². The van der Waals surface area contributed by atoms with Gasteiger partial charge >= 0.3 is 5.97 Å². The van der Waals surface area contributed by atoms with Gasteiger partial charge in [0.2, 0.25) is 10.0 Å². The number of carboxylic acid groups (broad SMARTS) is 1. The highest BCUT2D eigenvalue weighted by molar-refractivity contribution is 7.89. The lowest BCUT2D eigenvalue weighted by atomic mass is 10.0. The quantitative estimate of drug-likeness (QED) is 0.852. The van der Waals surface area contributed by atoms with E-state index >= 15 is 0 Å². The second-order valence-corrected chi connectivity index (χ2v) is 6.66. The fourth-order valence-corrected chi connectivity index (χ4v) is 3.38. The molecule has 8 heteroatoms. The summed E-state index contributed by atoms with van der Waals surface area (Å²) in [6, 6.07) is 2.66. The number of ether oxygens (including phenoxy) is 1. The smallest absolute Gasteiger partial charge is 0.335 e. The molecule has 1 aromatic rings. The van der Waals surface area contributed by atoms with Crippen LogP contribution in [0.2, 0.25) is 0 Å². The molecule has 116 valence electrons. The number of halogens is 1. The molecular weight excluding hydrogens is 301 g/mol. The van der Waals surface area contributed by atoms with Gasteiger partial charge in [-0.25, -0.2) is 22.3 Å². The molecule has 0 amide bonds. The van der Waals surface area contributed by atoms with Gasteiger partial charge in [0.1, 0.15) is 10.7 Å². The van der Waals surface area contributed by atoms with Crippen molar-refractivity contribution in [1.29, 1.82) is 0 Å². The zero-order valence-corrected chi connectivity index (χ0v) is 12.2. The minimum atomic E-state index is -4.10. The molecule has 0 bridgehead atoms. The zero-order valence-electron chi connectivity index (χ0n) is 11.4. The minimum absolute atomic E-state index is 0.0190. The maximum Gasteiger partial charge on any atom is 0.335 e. The first-order chi connectivity index (χ1) is 9.81. The lowest BCUT2D eigenvalue weighted by Crippen LogP contribution is -2.32. The lowest BCUT2D eigenvalue weighted by Gasteiger charge is -2.15. The predicted octanol–water partition coefficient (Wildman–Crippen LogP) is 1.23. The summed E-state index contributed by atoms with van der Waals surface area (Å²) >= 11 is 0. The van der Waals surface area contributed by atoms with Crippen LogP contribution in [-0.4, -0.2) is 38.7 Å². The SMILES string of the molecule is CC1OCCC1CNS(=O)(=O)c1cc(C(=O)O)ccc1F. The third kappa shape index (κ3) is 3.58. The number of nitrogens with one attached hydrogen (secondary N) is 1. The average molecular weight is 317 g/mol. The first kappa shape index (κ1) is 15.9. The van der Waals surface area contributed by atoms with Crippen molar-refractivity contribution in [1.82, 2.24) is 4.72 Å². The summed E-state index contributed by atoms with van der Waals surface area (Å²) in [5.41, 5.74) is -0.283. The van der Waals surface area contributed by atoms with Gasteiger partial charge in [0.15, 0.2) is 0 Å². The molecule has 1 heterocycles. The van der Waals surface area contributed by atoms with Gasteiger partial charge in [0, 0.05) is 19.1 Å². The molecule has 0 aliphatic carbocycles. The Balaban J connectivity index is 2.19. The van der Waals surface area contributed by atoms with Crippen molar-refractivity contribution in [3.05, 3.63) is 29.6 Å². The molecule has 0 aromatic heterocycles. The van der Waals surface area contributed by atoms with Crippen molar-refractivity contribution in [3.63, 3.8) is 0 Å². The Hall–Kier alpha value is -1.51. The fraction of sp³-hybridized carbons (Fsp3) is 0.462. The van der Waals surface area contributed by atoms with Crippen molar-refractivity contribution in [2.75, 3.05) is 13.2 Å². The number of hydrogen-bond acceptors (Lipinski definition) is 4. The topological polar surface area (TPSA) is 92.7 Å². The summed E-state index contributed by atoms with van der Waals surface area (Å²) in [7, 11) is -4.10. The van der Waals surface area contributed by atoms with Crippen LogP contribution >= 0.6 is 0 Å². The Bertz CT molecular complexity index is 646. The minimum Gasteiger partial charge on any atom is -0.478 e. The van der Waals surface area contributed by atoms with Gasteiger partial charge in [-0.15, -0.1) is 0 Å². The van der Waals surface area contributed by atoms with Crippen LogP contribution in [0, 0.1) is 11.7 Å². The fourth-order valence-electron chi connectivity index (χ4n) is 2.18. The average Bonchev–Trinajstić information content (AvgIpc) is 2.82. The first-order valence-corrected chi connectivity index (χ1v) is 7.93. The molecule has 21 heavy (non-hydrogen) atoms. The number of hydrogen-bond donors (Lipinski definition) is 2. The van der Waals surface area contributed by atoms with Gasteiger partial charge in [0.25, 0.3) is 0 Å². The molecule has 1 saturated heterocycles. The van der Waals surface area contributed by atoms with E-state index in [-0.39, 0.29) is 24.1 Å². The van der Waals surface area contributed by atoms with Crippen molar-refractivity contribution in [2.24, 2.45) is 5.92 Å². The molecule has 1 fully saturated rings. The Morgan fingerprint density at radius 3 is 2.81 bits per heavy atom. The number of aromatic carboxylic acids is 1. The second kappa shape index (κ2) is 6.08. The maximum absolute atomic E-state index is 13.7. The molecule has 1 aliphatic rings. The summed E-state index contributed by atoms with van der Waals surface area (Å²) in [5.74, 6) is -2.28.